The first-order valence-electron chi connectivity index (χ1n) is 9.41. The highest BCUT2D eigenvalue weighted by molar-refractivity contribution is 7.98. The molecule has 1 saturated heterocycles. The van der Waals surface area contributed by atoms with Gasteiger partial charge in [-0.1, -0.05) is 35.0 Å². The number of urea groups is 1. The van der Waals surface area contributed by atoms with Gasteiger partial charge in [0.05, 0.1) is 5.69 Å². The van der Waals surface area contributed by atoms with Gasteiger partial charge in [-0.3, -0.25) is 4.79 Å². The van der Waals surface area contributed by atoms with Gasteiger partial charge in [0.1, 0.15) is 0 Å². The third-order valence-electron chi connectivity index (χ3n) is 4.60. The number of hydrogen-bond acceptors (Lipinski definition) is 5. The number of benzene rings is 1. The van der Waals surface area contributed by atoms with Crippen LogP contribution in [-0.4, -0.2) is 65.4 Å². The van der Waals surface area contributed by atoms with Gasteiger partial charge in [0.15, 0.2) is 0 Å². The lowest BCUT2D eigenvalue weighted by molar-refractivity contribution is 0.0625. The van der Waals surface area contributed by atoms with E-state index in [2.05, 4.69) is 41.7 Å². The molecule has 3 amide bonds. The Bertz CT molecular complexity index is 798. The summed E-state index contributed by atoms with van der Waals surface area (Å²) in [7, 11) is 0. The van der Waals surface area contributed by atoms with Gasteiger partial charge in [0.25, 0.3) is 5.91 Å². The summed E-state index contributed by atoms with van der Waals surface area (Å²) in [6.07, 6.45) is 0. The lowest BCUT2D eigenvalue weighted by Gasteiger charge is -2.34. The third kappa shape index (κ3) is 5.51. The van der Waals surface area contributed by atoms with Gasteiger partial charge < -0.3 is 19.6 Å². The Morgan fingerprint density at radius 3 is 2.43 bits per heavy atom. The van der Waals surface area contributed by atoms with Crippen LogP contribution in [0.15, 0.2) is 34.9 Å². The molecule has 0 unspecified atom stereocenters. The van der Waals surface area contributed by atoms with Crippen molar-refractivity contribution in [3.8, 4) is 0 Å². The molecule has 8 heteroatoms. The van der Waals surface area contributed by atoms with Crippen LogP contribution in [0.3, 0.4) is 0 Å². The smallest absolute Gasteiger partial charge is 0.317 e. The molecule has 0 radical (unpaired) electrons. The minimum absolute atomic E-state index is 0.0708. The highest BCUT2D eigenvalue weighted by atomic mass is 32.2. The molecule has 0 bridgehead atoms. The second-order valence-electron chi connectivity index (χ2n) is 6.88. The van der Waals surface area contributed by atoms with Crippen molar-refractivity contribution in [2.24, 2.45) is 0 Å². The summed E-state index contributed by atoms with van der Waals surface area (Å²) in [6, 6.07) is 10.1. The van der Waals surface area contributed by atoms with Crippen molar-refractivity contribution < 1.29 is 14.1 Å². The molecule has 28 heavy (non-hydrogen) atoms. The molecular formula is C20H26N4O3S. The van der Waals surface area contributed by atoms with E-state index in [1.165, 1.54) is 11.1 Å². The van der Waals surface area contributed by atoms with Crippen LogP contribution in [-0.2, 0) is 5.75 Å². The average Bonchev–Trinajstić information content (AvgIpc) is 3.15. The van der Waals surface area contributed by atoms with Crippen LogP contribution in [0.2, 0.25) is 0 Å². The molecule has 1 aliphatic rings. The van der Waals surface area contributed by atoms with Gasteiger partial charge in [0.2, 0.25) is 5.76 Å². The quantitative estimate of drug-likeness (QED) is 0.752. The molecule has 2 aromatic rings. The molecule has 0 saturated carbocycles. The summed E-state index contributed by atoms with van der Waals surface area (Å²) in [5.74, 6) is 1.88. The summed E-state index contributed by atoms with van der Waals surface area (Å²) in [4.78, 5) is 28.1. The number of rotatable bonds is 6. The molecule has 7 nitrogen and oxygen atoms in total. The summed E-state index contributed by atoms with van der Waals surface area (Å²) < 4.78 is 5.03. The van der Waals surface area contributed by atoms with E-state index in [0.717, 1.165) is 11.5 Å². The highest BCUT2D eigenvalue weighted by Gasteiger charge is 2.26. The van der Waals surface area contributed by atoms with Gasteiger partial charge in [0, 0.05) is 50.3 Å². The second kappa shape index (κ2) is 9.64. The molecule has 1 N–H and O–H groups in total. The molecule has 0 aliphatic carbocycles. The fraction of sp³-hybridized carbons (Fsp3) is 0.450. The minimum atomic E-state index is -0.173. The van der Waals surface area contributed by atoms with Crippen molar-refractivity contribution in [1.82, 2.24) is 20.3 Å². The summed E-state index contributed by atoms with van der Waals surface area (Å²) in [5, 5.41) is 6.71. The number of piperazine rings is 1. The number of aromatic nitrogens is 1. The SMILES string of the molecule is Cc1ccc(CSCCNC(=O)N2CCN(C(=O)c3cc(C)no3)CC2)cc1. The van der Waals surface area contributed by atoms with Crippen molar-refractivity contribution in [3.05, 3.63) is 52.9 Å². The number of aryl methyl sites for hydroxylation is 2. The van der Waals surface area contributed by atoms with E-state index in [9.17, 15) is 9.59 Å². The molecule has 150 valence electrons. The lowest BCUT2D eigenvalue weighted by atomic mass is 10.2. The molecule has 3 rings (SSSR count). The van der Waals surface area contributed by atoms with Crippen LogP contribution in [0.5, 0.6) is 0 Å². The number of nitrogens with one attached hydrogen (secondary N) is 1. The van der Waals surface area contributed by atoms with E-state index in [4.69, 9.17) is 4.52 Å². The van der Waals surface area contributed by atoms with Crippen LogP contribution in [0.1, 0.15) is 27.4 Å². The highest BCUT2D eigenvalue weighted by Crippen LogP contribution is 2.13. The predicted octanol–water partition coefficient (Wildman–Crippen LogP) is 2.69. The molecule has 1 aromatic heterocycles. The lowest BCUT2D eigenvalue weighted by Crippen LogP contribution is -2.53. The zero-order chi connectivity index (χ0) is 19.9. The number of carbonyl (C=O) groups excluding carboxylic acids is 2. The molecule has 0 spiro atoms. The fourth-order valence-corrected chi connectivity index (χ4v) is 3.77. The number of nitrogens with zero attached hydrogens (tertiary/aromatic N) is 3. The maximum Gasteiger partial charge on any atom is 0.317 e. The van der Waals surface area contributed by atoms with Crippen molar-refractivity contribution in [3.63, 3.8) is 0 Å². The number of carbonyl (C=O) groups is 2. The fourth-order valence-electron chi connectivity index (χ4n) is 2.95. The molecule has 0 atom stereocenters. The topological polar surface area (TPSA) is 78.7 Å². The Kier molecular flexibility index (Phi) is 6.97. The monoisotopic (exact) mass is 402 g/mol. The van der Waals surface area contributed by atoms with E-state index in [0.29, 0.717) is 38.4 Å². The number of hydrogen-bond donors (Lipinski definition) is 1. The minimum Gasteiger partial charge on any atom is -0.351 e. The maximum absolute atomic E-state index is 12.3. The average molecular weight is 403 g/mol. The zero-order valence-electron chi connectivity index (χ0n) is 16.3. The van der Waals surface area contributed by atoms with Gasteiger partial charge in [-0.05, 0) is 19.4 Å². The normalized spacial score (nSPS) is 14.2. The van der Waals surface area contributed by atoms with E-state index >= 15 is 0 Å². The van der Waals surface area contributed by atoms with Gasteiger partial charge in [-0.15, -0.1) is 0 Å². The van der Waals surface area contributed by atoms with Crippen LogP contribution >= 0.6 is 11.8 Å². The first-order chi connectivity index (χ1) is 13.5. The first-order valence-corrected chi connectivity index (χ1v) is 10.6. The largest absolute Gasteiger partial charge is 0.351 e. The van der Waals surface area contributed by atoms with Crippen molar-refractivity contribution in [1.29, 1.82) is 0 Å². The van der Waals surface area contributed by atoms with Crippen molar-refractivity contribution in [2.75, 3.05) is 38.5 Å². The predicted molar refractivity (Wildman–Crippen MR) is 109 cm³/mol. The number of thioether (sulfide) groups is 1. The molecule has 2 heterocycles. The molecular weight excluding hydrogens is 376 g/mol. The molecule has 1 fully saturated rings. The molecule has 1 aliphatic heterocycles. The number of amides is 3. The van der Waals surface area contributed by atoms with Crippen molar-refractivity contribution in [2.45, 2.75) is 19.6 Å². The Labute approximate surface area is 169 Å². The van der Waals surface area contributed by atoms with Crippen LogP contribution in [0.25, 0.3) is 0 Å². The van der Waals surface area contributed by atoms with Crippen molar-refractivity contribution >= 4 is 23.7 Å². The van der Waals surface area contributed by atoms with Crippen LogP contribution in [0.4, 0.5) is 4.79 Å². The third-order valence-corrected chi connectivity index (χ3v) is 5.64. The van der Waals surface area contributed by atoms with Gasteiger partial charge in [-0.25, -0.2) is 4.79 Å². The standard InChI is InChI=1S/C20H26N4O3S/c1-15-3-5-17(6-4-15)14-28-12-7-21-20(26)24-10-8-23(9-11-24)19(25)18-13-16(2)22-27-18/h3-6,13H,7-12,14H2,1-2H3,(H,21,26). The maximum atomic E-state index is 12.3. The Hall–Kier alpha value is -2.48. The first kappa shape index (κ1) is 20.3. The van der Waals surface area contributed by atoms with Crippen LogP contribution < -0.4 is 5.32 Å². The van der Waals surface area contributed by atoms with E-state index < -0.39 is 0 Å². The Balaban J connectivity index is 1.32. The zero-order valence-corrected chi connectivity index (χ0v) is 17.1. The Morgan fingerprint density at radius 2 is 1.79 bits per heavy atom. The van der Waals surface area contributed by atoms with E-state index in [-0.39, 0.29) is 17.7 Å². The van der Waals surface area contributed by atoms with Gasteiger partial charge in [-0.2, -0.15) is 11.8 Å². The van der Waals surface area contributed by atoms with Crippen LogP contribution in [0, 0.1) is 13.8 Å². The Morgan fingerprint density at radius 1 is 1.11 bits per heavy atom. The second-order valence-corrected chi connectivity index (χ2v) is 7.99. The van der Waals surface area contributed by atoms with E-state index in [1.807, 2.05) is 0 Å². The molecule has 1 aromatic carbocycles. The van der Waals surface area contributed by atoms with E-state index in [1.54, 1.807) is 34.6 Å². The summed E-state index contributed by atoms with van der Waals surface area (Å²) >= 11 is 1.80. The summed E-state index contributed by atoms with van der Waals surface area (Å²) in [6.45, 7) is 6.51. The van der Waals surface area contributed by atoms with Gasteiger partial charge >= 0.3 is 6.03 Å². The summed E-state index contributed by atoms with van der Waals surface area (Å²) in [5.41, 5.74) is 3.24.